The van der Waals surface area contributed by atoms with Crippen LogP contribution in [-0.2, 0) is 6.42 Å². The van der Waals surface area contributed by atoms with Crippen molar-refractivity contribution in [3.05, 3.63) is 22.1 Å². The molecule has 2 unspecified atom stereocenters. The van der Waals surface area contributed by atoms with E-state index in [1.807, 2.05) is 0 Å². The van der Waals surface area contributed by atoms with Crippen molar-refractivity contribution in [2.75, 3.05) is 17.6 Å². The molecule has 0 amide bonds. The van der Waals surface area contributed by atoms with E-state index in [-0.39, 0.29) is 10.8 Å². The average Bonchev–Trinajstić information content (AvgIpc) is 2.93. The summed E-state index contributed by atoms with van der Waals surface area (Å²) < 4.78 is 1.33. The van der Waals surface area contributed by atoms with Crippen molar-refractivity contribution in [3.63, 3.8) is 0 Å². The lowest BCUT2D eigenvalue weighted by atomic mass is 9.79. The first-order chi connectivity index (χ1) is 11.1. The number of hydrogen-bond acceptors (Lipinski definition) is 7. The minimum Gasteiger partial charge on any atom is -0.387 e. The number of hydrogen-bond donors (Lipinski definition) is 2. The fraction of sp³-hybridized carbons (Fsp3) is 0.667. The Bertz CT molecular complexity index is 745. The van der Waals surface area contributed by atoms with Crippen molar-refractivity contribution in [1.82, 2.24) is 14.6 Å². The van der Waals surface area contributed by atoms with E-state index in [4.69, 9.17) is 0 Å². The molecule has 1 fully saturated rings. The normalized spacial score (nSPS) is 23.9. The van der Waals surface area contributed by atoms with Crippen molar-refractivity contribution in [1.29, 1.82) is 0 Å². The number of nitrogens with zero attached hydrogens (tertiary/aromatic N) is 3. The smallest absolute Gasteiger partial charge is 0.275 e. The lowest BCUT2D eigenvalue weighted by Crippen LogP contribution is -2.54. The van der Waals surface area contributed by atoms with Gasteiger partial charge in [-0.25, -0.2) is 4.98 Å². The molecule has 0 aliphatic heterocycles. The molecule has 23 heavy (non-hydrogen) atoms. The van der Waals surface area contributed by atoms with Gasteiger partial charge < -0.3 is 10.4 Å². The molecule has 1 saturated carbocycles. The van der Waals surface area contributed by atoms with Crippen LogP contribution in [0.2, 0.25) is 0 Å². The number of rotatable bonds is 7. The highest BCUT2D eigenvalue weighted by Gasteiger charge is 2.45. The molecular formula is C15H22N4O2S2. The molecule has 1 aliphatic rings. The predicted octanol–water partition coefficient (Wildman–Crippen LogP) is 2.16. The molecule has 0 radical (unpaired) electrons. The van der Waals surface area contributed by atoms with Crippen LogP contribution in [0.5, 0.6) is 0 Å². The SMILES string of the molecule is CCCc1cc(=O)n2nc(NCC3(O)CCC3SCC)sc2n1. The Kier molecular flexibility index (Phi) is 4.93. The van der Waals surface area contributed by atoms with Crippen LogP contribution in [0.25, 0.3) is 4.96 Å². The highest BCUT2D eigenvalue weighted by Crippen LogP contribution is 2.41. The Hall–Kier alpha value is -1.12. The van der Waals surface area contributed by atoms with Crippen molar-refractivity contribution in [2.45, 2.75) is 50.4 Å². The van der Waals surface area contributed by atoms with E-state index >= 15 is 0 Å². The Labute approximate surface area is 143 Å². The maximum atomic E-state index is 12.1. The first kappa shape index (κ1) is 16.7. The summed E-state index contributed by atoms with van der Waals surface area (Å²) in [4.78, 5) is 17.2. The van der Waals surface area contributed by atoms with E-state index in [1.165, 1.54) is 15.9 Å². The minimum absolute atomic E-state index is 0.149. The maximum absolute atomic E-state index is 12.1. The number of thioether (sulfide) groups is 1. The van der Waals surface area contributed by atoms with E-state index in [0.29, 0.717) is 16.6 Å². The molecule has 0 aromatic carbocycles. The molecule has 8 heteroatoms. The van der Waals surface area contributed by atoms with Crippen molar-refractivity contribution in [3.8, 4) is 0 Å². The molecule has 6 nitrogen and oxygen atoms in total. The van der Waals surface area contributed by atoms with Crippen LogP contribution < -0.4 is 10.9 Å². The van der Waals surface area contributed by atoms with Gasteiger partial charge in [-0.1, -0.05) is 31.6 Å². The third-order valence-corrected chi connectivity index (χ3v) is 6.43. The van der Waals surface area contributed by atoms with Gasteiger partial charge in [0.15, 0.2) is 0 Å². The van der Waals surface area contributed by atoms with E-state index < -0.39 is 5.60 Å². The summed E-state index contributed by atoms with van der Waals surface area (Å²) in [7, 11) is 0. The molecule has 126 valence electrons. The highest BCUT2D eigenvalue weighted by molar-refractivity contribution is 8.00. The van der Waals surface area contributed by atoms with Gasteiger partial charge in [-0.15, -0.1) is 5.10 Å². The Balaban J connectivity index is 1.74. The second-order valence-electron chi connectivity index (χ2n) is 5.88. The Morgan fingerprint density at radius 1 is 1.57 bits per heavy atom. The van der Waals surface area contributed by atoms with Crippen molar-refractivity contribution < 1.29 is 5.11 Å². The second-order valence-corrected chi connectivity index (χ2v) is 8.31. The molecule has 2 atom stereocenters. The van der Waals surface area contributed by atoms with Crippen LogP contribution in [0.1, 0.15) is 38.8 Å². The summed E-state index contributed by atoms with van der Waals surface area (Å²) >= 11 is 3.15. The van der Waals surface area contributed by atoms with Crippen LogP contribution in [0.4, 0.5) is 5.13 Å². The zero-order chi connectivity index (χ0) is 16.4. The highest BCUT2D eigenvalue weighted by atomic mass is 32.2. The molecule has 0 spiro atoms. The van der Waals surface area contributed by atoms with Gasteiger partial charge in [0.2, 0.25) is 10.1 Å². The van der Waals surface area contributed by atoms with Crippen LogP contribution in [0.15, 0.2) is 10.9 Å². The van der Waals surface area contributed by atoms with Gasteiger partial charge in [-0.2, -0.15) is 16.3 Å². The zero-order valence-corrected chi connectivity index (χ0v) is 15.0. The van der Waals surface area contributed by atoms with E-state index in [2.05, 4.69) is 29.2 Å². The minimum atomic E-state index is -0.676. The topological polar surface area (TPSA) is 79.5 Å². The maximum Gasteiger partial charge on any atom is 0.275 e. The van der Waals surface area contributed by atoms with Crippen molar-refractivity contribution >= 4 is 33.2 Å². The number of anilines is 1. The number of nitrogens with one attached hydrogen (secondary N) is 1. The molecule has 3 rings (SSSR count). The predicted molar refractivity (Wildman–Crippen MR) is 95.7 cm³/mol. The molecule has 2 heterocycles. The van der Waals surface area contributed by atoms with E-state index in [1.54, 1.807) is 17.8 Å². The third kappa shape index (κ3) is 3.39. The fourth-order valence-electron chi connectivity index (χ4n) is 2.78. The number of fused-ring (bicyclic) bond motifs is 1. The Morgan fingerprint density at radius 2 is 2.39 bits per heavy atom. The molecule has 0 saturated heterocycles. The van der Waals surface area contributed by atoms with Gasteiger partial charge in [0, 0.05) is 23.6 Å². The molecule has 0 bridgehead atoms. The lowest BCUT2D eigenvalue weighted by Gasteiger charge is -2.44. The van der Waals surface area contributed by atoms with Gasteiger partial charge in [-0.3, -0.25) is 4.79 Å². The average molecular weight is 355 g/mol. The van der Waals surface area contributed by atoms with Crippen LogP contribution in [0.3, 0.4) is 0 Å². The fourth-order valence-corrected chi connectivity index (χ4v) is 4.80. The van der Waals surface area contributed by atoms with Gasteiger partial charge >= 0.3 is 0 Å². The zero-order valence-electron chi connectivity index (χ0n) is 13.4. The Morgan fingerprint density at radius 3 is 3.04 bits per heavy atom. The standard InChI is InChI=1S/C15H22N4O2S2/c1-3-5-10-8-12(20)19-14(17-10)23-13(18-19)16-9-15(21)7-6-11(15)22-4-2/h8,11,21H,3-7,9H2,1-2H3,(H,16,18). The molecular weight excluding hydrogens is 332 g/mol. The van der Waals surface area contributed by atoms with Crippen LogP contribution in [-0.4, -0.2) is 42.9 Å². The van der Waals surface area contributed by atoms with E-state index in [9.17, 15) is 9.90 Å². The summed E-state index contributed by atoms with van der Waals surface area (Å²) in [5.41, 5.74) is -0.0150. The number of aliphatic hydroxyl groups is 1. The molecule has 1 aliphatic carbocycles. The monoisotopic (exact) mass is 354 g/mol. The molecule has 2 aromatic heterocycles. The lowest BCUT2D eigenvalue weighted by molar-refractivity contribution is -0.0120. The summed E-state index contributed by atoms with van der Waals surface area (Å²) in [5.74, 6) is 1.01. The van der Waals surface area contributed by atoms with Crippen LogP contribution >= 0.6 is 23.1 Å². The van der Waals surface area contributed by atoms with Gasteiger partial charge in [0.1, 0.15) is 0 Å². The quantitative estimate of drug-likeness (QED) is 0.793. The summed E-state index contributed by atoms with van der Waals surface area (Å²) in [6.07, 6.45) is 3.61. The molecule has 2 N–H and O–H groups in total. The first-order valence-corrected chi connectivity index (χ1v) is 9.90. The number of aromatic nitrogens is 3. The summed E-state index contributed by atoms with van der Waals surface area (Å²) in [5, 5.41) is 19.0. The second kappa shape index (κ2) is 6.78. The first-order valence-electron chi connectivity index (χ1n) is 8.03. The van der Waals surface area contributed by atoms with Gasteiger partial charge in [0.05, 0.1) is 5.60 Å². The van der Waals surface area contributed by atoms with E-state index in [0.717, 1.165) is 37.1 Å². The van der Waals surface area contributed by atoms with Crippen LogP contribution in [0, 0.1) is 0 Å². The van der Waals surface area contributed by atoms with Gasteiger partial charge in [0.25, 0.3) is 5.56 Å². The third-order valence-electron chi connectivity index (χ3n) is 4.16. The van der Waals surface area contributed by atoms with Crippen molar-refractivity contribution in [2.24, 2.45) is 0 Å². The summed E-state index contributed by atoms with van der Waals surface area (Å²) in [6.45, 7) is 4.63. The van der Waals surface area contributed by atoms with Gasteiger partial charge in [-0.05, 0) is 25.0 Å². The summed E-state index contributed by atoms with van der Waals surface area (Å²) in [6, 6.07) is 1.55. The number of aryl methyl sites for hydroxylation is 1. The molecule has 2 aromatic rings. The largest absolute Gasteiger partial charge is 0.387 e.